The van der Waals surface area contributed by atoms with Crippen molar-refractivity contribution in [3.05, 3.63) is 79.3 Å². The fourth-order valence-electron chi connectivity index (χ4n) is 4.66. The molecule has 0 aliphatic heterocycles. The molecule has 1 aliphatic carbocycles. The van der Waals surface area contributed by atoms with E-state index in [9.17, 15) is 0 Å². The van der Waals surface area contributed by atoms with Crippen LogP contribution in [0.4, 0.5) is 5.82 Å². The zero-order valence-corrected chi connectivity index (χ0v) is 19.2. The van der Waals surface area contributed by atoms with Crippen molar-refractivity contribution >= 4 is 11.3 Å². The number of rotatable bonds is 6. The van der Waals surface area contributed by atoms with Crippen LogP contribution in [0.5, 0.6) is 0 Å². The molecular weight excluding hydrogens is 424 g/mol. The molecule has 0 amide bonds. The lowest BCUT2D eigenvalue weighted by atomic mass is 9.89. The number of imidazole rings is 1. The number of benzene rings is 2. The van der Waals surface area contributed by atoms with Crippen LogP contribution in [0.2, 0.25) is 0 Å². The predicted molar refractivity (Wildman–Crippen MR) is 134 cm³/mol. The summed E-state index contributed by atoms with van der Waals surface area (Å²) < 4.78 is 9.40. The predicted octanol–water partition coefficient (Wildman–Crippen LogP) is 5.05. The molecule has 1 N–H and O–H groups in total. The third-order valence-corrected chi connectivity index (χ3v) is 6.57. The summed E-state index contributed by atoms with van der Waals surface area (Å²) in [7, 11) is 3.73. The molecule has 1 saturated carbocycles. The largest absolute Gasteiger partial charge is 0.381 e. The highest BCUT2D eigenvalue weighted by molar-refractivity contribution is 5.99. The highest BCUT2D eigenvalue weighted by Gasteiger charge is 2.31. The second-order valence-corrected chi connectivity index (χ2v) is 8.76. The maximum atomic E-state index is 5.50. The Morgan fingerprint density at radius 1 is 0.971 bits per heavy atom. The molecule has 0 saturated heterocycles. The molecule has 1 fully saturated rings. The third-order valence-electron chi connectivity index (χ3n) is 6.57. The lowest BCUT2D eigenvalue weighted by Gasteiger charge is -2.35. The summed E-state index contributed by atoms with van der Waals surface area (Å²) in [6.07, 6.45) is 7.99. The van der Waals surface area contributed by atoms with Gasteiger partial charge in [0.25, 0.3) is 0 Å². The van der Waals surface area contributed by atoms with Crippen LogP contribution in [0.25, 0.3) is 39.4 Å². The molecule has 5 aromatic rings. The Labute approximate surface area is 198 Å². The van der Waals surface area contributed by atoms with Crippen LogP contribution in [0, 0.1) is 0 Å². The zero-order chi connectivity index (χ0) is 23.1. The molecule has 7 heteroatoms. The molecule has 0 bridgehead atoms. The average molecular weight is 451 g/mol. The summed E-state index contributed by atoms with van der Waals surface area (Å²) in [5.74, 6) is 2.12. The SMILES string of the molecule is COC1CC(Nc2nc(-c3nccn3C)nn3cc(-c4ccccc4)c(-c4ccccc4)c23)C1. The van der Waals surface area contributed by atoms with E-state index in [0.717, 1.165) is 52.3 Å². The Morgan fingerprint density at radius 3 is 2.32 bits per heavy atom. The van der Waals surface area contributed by atoms with Crippen molar-refractivity contribution in [1.82, 2.24) is 24.1 Å². The second kappa shape index (κ2) is 8.43. The van der Waals surface area contributed by atoms with Crippen LogP contribution in [-0.2, 0) is 11.8 Å². The molecule has 7 nitrogen and oxygen atoms in total. The first kappa shape index (κ1) is 20.6. The summed E-state index contributed by atoms with van der Waals surface area (Å²) in [6.45, 7) is 0. The van der Waals surface area contributed by atoms with Crippen molar-refractivity contribution in [3.8, 4) is 33.9 Å². The van der Waals surface area contributed by atoms with Gasteiger partial charge in [0.05, 0.1) is 6.10 Å². The summed E-state index contributed by atoms with van der Waals surface area (Å²) in [6, 6.07) is 21.2. The highest BCUT2D eigenvalue weighted by atomic mass is 16.5. The minimum atomic E-state index is 0.296. The van der Waals surface area contributed by atoms with Gasteiger partial charge in [-0.15, -0.1) is 5.10 Å². The molecule has 0 spiro atoms. The summed E-state index contributed by atoms with van der Waals surface area (Å²) in [4.78, 5) is 9.50. The monoisotopic (exact) mass is 450 g/mol. The molecule has 1 aliphatic rings. The minimum absolute atomic E-state index is 0.296. The van der Waals surface area contributed by atoms with Crippen molar-refractivity contribution in [2.45, 2.75) is 25.0 Å². The maximum absolute atomic E-state index is 5.50. The zero-order valence-electron chi connectivity index (χ0n) is 19.2. The Hall–Kier alpha value is -3.97. The van der Waals surface area contributed by atoms with E-state index in [1.54, 1.807) is 13.3 Å². The van der Waals surface area contributed by atoms with Crippen LogP contribution >= 0.6 is 0 Å². The first-order valence-corrected chi connectivity index (χ1v) is 11.5. The standard InChI is InChI=1S/C27H26N6O/c1-32-14-13-28-27(32)26-30-25(29-20-15-21(16-20)34-2)24-23(19-11-7-4-8-12-19)22(17-33(24)31-26)18-9-5-3-6-10-18/h3-14,17,20-21H,15-16H2,1-2H3,(H,29,30,31). The molecule has 2 aromatic carbocycles. The quantitative estimate of drug-likeness (QED) is 0.392. The van der Waals surface area contributed by atoms with E-state index in [0.29, 0.717) is 18.0 Å². The van der Waals surface area contributed by atoms with E-state index < -0.39 is 0 Å². The summed E-state index contributed by atoms with van der Waals surface area (Å²) >= 11 is 0. The Kier molecular flexibility index (Phi) is 5.11. The third kappa shape index (κ3) is 3.54. The van der Waals surface area contributed by atoms with E-state index in [1.165, 1.54) is 0 Å². The highest BCUT2D eigenvalue weighted by Crippen LogP contribution is 2.40. The minimum Gasteiger partial charge on any atom is -0.381 e. The van der Waals surface area contributed by atoms with Crippen molar-refractivity contribution in [1.29, 1.82) is 0 Å². The van der Waals surface area contributed by atoms with Crippen LogP contribution in [0.15, 0.2) is 79.3 Å². The summed E-state index contributed by atoms with van der Waals surface area (Å²) in [5.41, 5.74) is 5.46. The van der Waals surface area contributed by atoms with Crippen LogP contribution in [0.3, 0.4) is 0 Å². The number of anilines is 1. The lowest BCUT2D eigenvalue weighted by Crippen LogP contribution is -2.40. The van der Waals surface area contributed by atoms with Gasteiger partial charge in [-0.2, -0.15) is 0 Å². The molecule has 6 rings (SSSR count). The maximum Gasteiger partial charge on any atom is 0.218 e. The number of hydrogen-bond donors (Lipinski definition) is 1. The van der Waals surface area contributed by atoms with E-state index in [1.807, 2.05) is 34.5 Å². The van der Waals surface area contributed by atoms with Crippen molar-refractivity contribution in [2.24, 2.45) is 7.05 Å². The Bertz CT molecular complexity index is 1430. The van der Waals surface area contributed by atoms with Gasteiger partial charge in [0.2, 0.25) is 5.82 Å². The van der Waals surface area contributed by atoms with Crippen molar-refractivity contribution in [3.63, 3.8) is 0 Å². The van der Waals surface area contributed by atoms with Gasteiger partial charge in [-0.3, -0.25) is 0 Å². The number of hydrogen-bond acceptors (Lipinski definition) is 5. The number of methoxy groups -OCH3 is 1. The van der Waals surface area contributed by atoms with E-state index in [-0.39, 0.29) is 0 Å². The van der Waals surface area contributed by atoms with Gasteiger partial charge in [-0.25, -0.2) is 14.5 Å². The van der Waals surface area contributed by atoms with E-state index in [2.05, 4.69) is 65.0 Å². The number of nitrogens with zero attached hydrogens (tertiary/aromatic N) is 5. The Morgan fingerprint density at radius 2 is 1.68 bits per heavy atom. The molecular formula is C27H26N6O. The molecule has 0 unspecified atom stereocenters. The van der Waals surface area contributed by atoms with Crippen molar-refractivity contribution < 1.29 is 4.74 Å². The van der Waals surface area contributed by atoms with Gasteiger partial charge in [0.1, 0.15) is 5.52 Å². The number of nitrogens with one attached hydrogen (secondary N) is 1. The molecule has 0 radical (unpaired) electrons. The van der Waals surface area contributed by atoms with E-state index in [4.69, 9.17) is 14.8 Å². The van der Waals surface area contributed by atoms with Gasteiger partial charge in [-0.05, 0) is 24.0 Å². The van der Waals surface area contributed by atoms with Crippen molar-refractivity contribution in [2.75, 3.05) is 12.4 Å². The topological polar surface area (TPSA) is 69.3 Å². The van der Waals surface area contributed by atoms with E-state index >= 15 is 0 Å². The molecule has 3 aromatic heterocycles. The first-order valence-electron chi connectivity index (χ1n) is 11.5. The number of aryl methyl sites for hydroxylation is 1. The van der Waals surface area contributed by atoms with Gasteiger partial charge < -0.3 is 14.6 Å². The Balaban J connectivity index is 1.60. The van der Waals surface area contributed by atoms with Gasteiger partial charge in [-0.1, -0.05) is 60.7 Å². The van der Waals surface area contributed by atoms with Gasteiger partial charge >= 0.3 is 0 Å². The van der Waals surface area contributed by atoms with Crippen LogP contribution in [0.1, 0.15) is 12.8 Å². The molecule has 3 heterocycles. The average Bonchev–Trinajstić information content (AvgIpc) is 3.45. The normalized spacial score (nSPS) is 17.6. The smallest absolute Gasteiger partial charge is 0.218 e. The number of ether oxygens (including phenoxy) is 1. The summed E-state index contributed by atoms with van der Waals surface area (Å²) in [5, 5.41) is 8.60. The number of fused-ring (bicyclic) bond motifs is 1. The van der Waals surface area contributed by atoms with Crippen LogP contribution in [-0.4, -0.2) is 43.4 Å². The molecule has 34 heavy (non-hydrogen) atoms. The van der Waals surface area contributed by atoms with Crippen LogP contribution < -0.4 is 5.32 Å². The fraction of sp³-hybridized carbons (Fsp3) is 0.222. The van der Waals surface area contributed by atoms with Gasteiger partial charge in [0.15, 0.2) is 11.6 Å². The molecule has 170 valence electrons. The lowest BCUT2D eigenvalue weighted by molar-refractivity contribution is 0.0328. The fourth-order valence-corrected chi connectivity index (χ4v) is 4.66. The second-order valence-electron chi connectivity index (χ2n) is 8.76. The first-order chi connectivity index (χ1) is 16.7. The van der Waals surface area contributed by atoms with Gasteiger partial charge in [0, 0.05) is 49.9 Å². The molecule has 0 atom stereocenters. The number of aromatic nitrogens is 5.